The predicted octanol–water partition coefficient (Wildman–Crippen LogP) is 2.92. The molecule has 2 fully saturated rings. The maximum Gasteiger partial charge on any atom is 0.321 e. The Kier molecular flexibility index (Phi) is 7.51. The summed E-state index contributed by atoms with van der Waals surface area (Å²) in [6.45, 7) is 5.56. The molecule has 148 valence electrons. The molecule has 2 aliphatic rings. The highest BCUT2D eigenvalue weighted by Crippen LogP contribution is 2.21. The second kappa shape index (κ2) is 10.3. The molecule has 6 heteroatoms. The summed E-state index contributed by atoms with van der Waals surface area (Å²) >= 11 is 0. The average Bonchev–Trinajstić information content (AvgIpc) is 3.21. The van der Waals surface area contributed by atoms with Crippen molar-refractivity contribution in [1.82, 2.24) is 15.1 Å². The van der Waals surface area contributed by atoms with Crippen molar-refractivity contribution in [2.75, 3.05) is 44.6 Å². The number of likely N-dealkylation sites (tertiary alicyclic amines) is 2. The van der Waals surface area contributed by atoms with Crippen LogP contribution in [-0.2, 0) is 4.79 Å². The largest absolute Gasteiger partial charge is 0.355 e. The fraction of sp³-hybridized carbons (Fsp3) is 0.619. The number of hydrogen-bond acceptors (Lipinski definition) is 3. The van der Waals surface area contributed by atoms with Gasteiger partial charge >= 0.3 is 6.03 Å². The van der Waals surface area contributed by atoms with Crippen molar-refractivity contribution >= 4 is 17.6 Å². The van der Waals surface area contributed by atoms with Gasteiger partial charge in [-0.25, -0.2) is 4.79 Å². The number of rotatable bonds is 7. The summed E-state index contributed by atoms with van der Waals surface area (Å²) in [6, 6.07) is 9.51. The van der Waals surface area contributed by atoms with Gasteiger partial charge in [0.25, 0.3) is 0 Å². The highest BCUT2D eigenvalue weighted by Gasteiger charge is 2.24. The van der Waals surface area contributed by atoms with Crippen molar-refractivity contribution < 1.29 is 9.59 Å². The topological polar surface area (TPSA) is 64.7 Å². The first kappa shape index (κ1) is 19.7. The molecule has 1 aromatic carbocycles. The highest BCUT2D eigenvalue weighted by atomic mass is 16.2. The van der Waals surface area contributed by atoms with Gasteiger partial charge in [0.05, 0.1) is 0 Å². The minimum absolute atomic E-state index is 0.0408. The van der Waals surface area contributed by atoms with Gasteiger partial charge in [0.1, 0.15) is 0 Å². The Morgan fingerprint density at radius 1 is 1.04 bits per heavy atom. The molecule has 0 aliphatic carbocycles. The van der Waals surface area contributed by atoms with Crippen LogP contribution in [0.3, 0.4) is 0 Å². The zero-order chi connectivity index (χ0) is 18.9. The van der Waals surface area contributed by atoms with Crippen LogP contribution in [0.25, 0.3) is 0 Å². The molecule has 2 aliphatic heterocycles. The summed E-state index contributed by atoms with van der Waals surface area (Å²) in [7, 11) is 0. The van der Waals surface area contributed by atoms with Gasteiger partial charge in [-0.15, -0.1) is 0 Å². The highest BCUT2D eigenvalue weighted by molar-refractivity contribution is 5.89. The third-order valence-corrected chi connectivity index (χ3v) is 5.56. The number of carbonyl (C=O) groups is 2. The number of carbonyl (C=O) groups excluding carboxylic acids is 2. The van der Waals surface area contributed by atoms with Crippen LogP contribution in [0.2, 0.25) is 0 Å². The van der Waals surface area contributed by atoms with Crippen LogP contribution < -0.4 is 10.6 Å². The Hall–Kier alpha value is -2.08. The molecule has 3 amide bonds. The molecule has 2 N–H and O–H groups in total. The Morgan fingerprint density at radius 2 is 1.81 bits per heavy atom. The van der Waals surface area contributed by atoms with E-state index in [0.29, 0.717) is 12.3 Å². The molecule has 1 atom stereocenters. The first-order chi connectivity index (χ1) is 13.2. The van der Waals surface area contributed by atoms with Crippen LogP contribution in [0.15, 0.2) is 30.3 Å². The molecular formula is C21H32N4O2. The molecule has 0 aromatic heterocycles. The molecule has 1 aromatic rings. The SMILES string of the molecule is O=C(CCC1CCCN(C(=O)Nc2ccccc2)C1)NCCN1CCCC1. The summed E-state index contributed by atoms with van der Waals surface area (Å²) in [5, 5.41) is 6.00. The van der Waals surface area contributed by atoms with Gasteiger partial charge < -0.3 is 20.4 Å². The summed E-state index contributed by atoms with van der Waals surface area (Å²) < 4.78 is 0. The van der Waals surface area contributed by atoms with E-state index in [0.717, 1.165) is 51.1 Å². The van der Waals surface area contributed by atoms with Crippen molar-refractivity contribution in [3.63, 3.8) is 0 Å². The number of piperidine rings is 1. The lowest BCUT2D eigenvalue weighted by atomic mass is 9.93. The van der Waals surface area contributed by atoms with Gasteiger partial charge in [0, 0.05) is 38.3 Å². The van der Waals surface area contributed by atoms with Crippen LogP contribution in [0.4, 0.5) is 10.5 Å². The summed E-state index contributed by atoms with van der Waals surface area (Å²) in [6.07, 6.45) is 6.07. The Morgan fingerprint density at radius 3 is 2.59 bits per heavy atom. The molecule has 1 unspecified atom stereocenters. The number of benzene rings is 1. The van der Waals surface area contributed by atoms with E-state index < -0.39 is 0 Å². The molecule has 0 radical (unpaired) electrons. The van der Waals surface area contributed by atoms with Crippen LogP contribution >= 0.6 is 0 Å². The fourth-order valence-corrected chi connectivity index (χ4v) is 3.99. The lowest BCUT2D eigenvalue weighted by molar-refractivity contribution is -0.121. The number of urea groups is 1. The van der Waals surface area contributed by atoms with Crippen molar-refractivity contribution in [3.05, 3.63) is 30.3 Å². The predicted molar refractivity (Wildman–Crippen MR) is 108 cm³/mol. The quantitative estimate of drug-likeness (QED) is 0.773. The molecule has 27 heavy (non-hydrogen) atoms. The molecule has 2 heterocycles. The molecular weight excluding hydrogens is 340 g/mol. The Balaban J connectivity index is 1.34. The normalized spacial score (nSPS) is 20.4. The second-order valence-electron chi connectivity index (χ2n) is 7.69. The summed E-state index contributed by atoms with van der Waals surface area (Å²) in [5.74, 6) is 0.546. The van der Waals surface area contributed by atoms with E-state index >= 15 is 0 Å². The maximum absolute atomic E-state index is 12.4. The Bertz CT molecular complexity index is 601. The lowest BCUT2D eigenvalue weighted by Gasteiger charge is -2.32. The molecule has 0 bridgehead atoms. The van der Waals surface area contributed by atoms with Crippen molar-refractivity contribution in [3.8, 4) is 0 Å². The van der Waals surface area contributed by atoms with E-state index in [4.69, 9.17) is 0 Å². The Labute approximate surface area is 162 Å². The average molecular weight is 373 g/mol. The van der Waals surface area contributed by atoms with Crippen LogP contribution in [0.5, 0.6) is 0 Å². The van der Waals surface area contributed by atoms with Crippen molar-refractivity contribution in [2.45, 2.75) is 38.5 Å². The van der Waals surface area contributed by atoms with Gasteiger partial charge in [-0.05, 0) is 63.2 Å². The maximum atomic E-state index is 12.4. The van der Waals surface area contributed by atoms with Crippen LogP contribution in [-0.4, -0.2) is 61.0 Å². The number of anilines is 1. The monoisotopic (exact) mass is 372 g/mol. The van der Waals surface area contributed by atoms with Gasteiger partial charge in [-0.2, -0.15) is 0 Å². The van der Waals surface area contributed by atoms with E-state index in [1.807, 2.05) is 35.2 Å². The first-order valence-electron chi connectivity index (χ1n) is 10.3. The van der Waals surface area contributed by atoms with E-state index in [1.165, 1.54) is 25.9 Å². The van der Waals surface area contributed by atoms with Crippen molar-refractivity contribution in [1.29, 1.82) is 0 Å². The number of nitrogens with one attached hydrogen (secondary N) is 2. The summed E-state index contributed by atoms with van der Waals surface area (Å²) in [5.41, 5.74) is 0.821. The summed E-state index contributed by atoms with van der Waals surface area (Å²) in [4.78, 5) is 28.8. The zero-order valence-corrected chi connectivity index (χ0v) is 16.2. The standard InChI is InChI=1S/C21H32N4O2/c26-20(22-12-16-24-13-4-5-14-24)11-10-18-7-6-15-25(17-18)21(27)23-19-8-2-1-3-9-19/h1-3,8-9,18H,4-7,10-17H2,(H,22,26)(H,23,27). The van der Waals surface area contributed by atoms with Crippen LogP contribution in [0, 0.1) is 5.92 Å². The molecule has 3 rings (SSSR count). The number of para-hydroxylation sites is 1. The third-order valence-electron chi connectivity index (χ3n) is 5.56. The third kappa shape index (κ3) is 6.54. The first-order valence-corrected chi connectivity index (χ1v) is 10.3. The minimum atomic E-state index is -0.0408. The lowest BCUT2D eigenvalue weighted by Crippen LogP contribution is -2.42. The van der Waals surface area contributed by atoms with Crippen molar-refractivity contribution in [2.24, 2.45) is 5.92 Å². The van der Waals surface area contributed by atoms with E-state index in [2.05, 4.69) is 15.5 Å². The minimum Gasteiger partial charge on any atom is -0.355 e. The van der Waals surface area contributed by atoms with Gasteiger partial charge in [0.2, 0.25) is 5.91 Å². The molecule has 2 saturated heterocycles. The molecule has 0 spiro atoms. The molecule has 0 saturated carbocycles. The van der Waals surface area contributed by atoms with Gasteiger partial charge in [0.15, 0.2) is 0 Å². The smallest absolute Gasteiger partial charge is 0.321 e. The van der Waals surface area contributed by atoms with Gasteiger partial charge in [-0.3, -0.25) is 4.79 Å². The number of hydrogen-bond donors (Lipinski definition) is 2. The van der Waals surface area contributed by atoms with Gasteiger partial charge in [-0.1, -0.05) is 18.2 Å². The van der Waals surface area contributed by atoms with Crippen LogP contribution in [0.1, 0.15) is 38.5 Å². The van der Waals surface area contributed by atoms with E-state index in [9.17, 15) is 9.59 Å². The zero-order valence-electron chi connectivity index (χ0n) is 16.2. The fourth-order valence-electron chi connectivity index (χ4n) is 3.99. The second-order valence-corrected chi connectivity index (χ2v) is 7.69. The number of amides is 3. The number of nitrogens with zero attached hydrogens (tertiary/aromatic N) is 2. The molecule has 6 nitrogen and oxygen atoms in total. The van der Waals surface area contributed by atoms with E-state index in [1.54, 1.807) is 0 Å². The van der Waals surface area contributed by atoms with E-state index in [-0.39, 0.29) is 11.9 Å².